The maximum atomic E-state index is 12.4. The molecule has 1 aromatic heterocycles. The summed E-state index contributed by atoms with van der Waals surface area (Å²) in [6.07, 6.45) is 4.11. The van der Waals surface area contributed by atoms with Crippen LogP contribution in [0.15, 0.2) is 84.3 Å². The lowest BCUT2D eigenvalue weighted by atomic mass is 9.99. The van der Waals surface area contributed by atoms with Gasteiger partial charge in [-0.05, 0) is 23.6 Å². The van der Waals surface area contributed by atoms with Gasteiger partial charge in [-0.2, -0.15) is 0 Å². The highest BCUT2D eigenvalue weighted by Gasteiger charge is 2.15. The lowest BCUT2D eigenvalue weighted by molar-refractivity contribution is -0.119. The number of thioether (sulfide) groups is 1. The zero-order chi connectivity index (χ0) is 17.3. The minimum atomic E-state index is -0.0617. The van der Waals surface area contributed by atoms with Crippen molar-refractivity contribution in [2.75, 3.05) is 5.75 Å². The molecule has 4 nitrogen and oxygen atoms in total. The molecule has 0 fully saturated rings. The molecule has 0 aliphatic heterocycles. The van der Waals surface area contributed by atoms with E-state index >= 15 is 0 Å². The Morgan fingerprint density at radius 2 is 1.56 bits per heavy atom. The van der Waals surface area contributed by atoms with Gasteiger partial charge in [0.25, 0.3) is 0 Å². The third-order valence-corrected chi connectivity index (χ3v) is 4.57. The van der Waals surface area contributed by atoms with E-state index < -0.39 is 0 Å². The van der Waals surface area contributed by atoms with Crippen LogP contribution in [-0.4, -0.2) is 21.6 Å². The number of rotatable bonds is 7. The number of nitrogens with zero attached hydrogens (tertiary/aromatic N) is 2. The van der Waals surface area contributed by atoms with Crippen molar-refractivity contribution in [3.05, 3.63) is 90.3 Å². The summed E-state index contributed by atoms with van der Waals surface area (Å²) in [5.41, 5.74) is 2.29. The Balaban J connectivity index is 1.66. The van der Waals surface area contributed by atoms with Crippen molar-refractivity contribution >= 4 is 17.7 Å². The molecule has 0 unspecified atom stereocenters. The second-order valence-corrected chi connectivity index (χ2v) is 6.48. The second kappa shape index (κ2) is 8.99. The fourth-order valence-corrected chi connectivity index (χ4v) is 3.13. The van der Waals surface area contributed by atoms with E-state index in [0.29, 0.717) is 10.9 Å². The Kier molecular flexibility index (Phi) is 6.17. The van der Waals surface area contributed by atoms with Gasteiger partial charge in [-0.15, -0.1) is 0 Å². The van der Waals surface area contributed by atoms with Crippen LogP contribution in [0.5, 0.6) is 0 Å². The summed E-state index contributed by atoms with van der Waals surface area (Å²) in [5.74, 6) is 0.268. The van der Waals surface area contributed by atoms with Crippen molar-refractivity contribution in [3.63, 3.8) is 0 Å². The highest BCUT2D eigenvalue weighted by atomic mass is 32.2. The second-order valence-electron chi connectivity index (χ2n) is 5.54. The SMILES string of the molecule is O=C(CSc1ncccn1)N[C@@H](Cc1ccccc1)c1ccccc1. The molecule has 0 saturated carbocycles. The summed E-state index contributed by atoms with van der Waals surface area (Å²) in [6, 6.07) is 21.9. The first-order valence-corrected chi connectivity index (χ1v) is 9.08. The van der Waals surface area contributed by atoms with Gasteiger partial charge in [0, 0.05) is 12.4 Å². The number of hydrogen-bond donors (Lipinski definition) is 1. The highest BCUT2D eigenvalue weighted by Crippen LogP contribution is 2.19. The average Bonchev–Trinajstić information content (AvgIpc) is 2.68. The molecular weight excluding hydrogens is 330 g/mol. The summed E-state index contributed by atoms with van der Waals surface area (Å²) in [5, 5.41) is 3.75. The predicted molar refractivity (Wildman–Crippen MR) is 100 cm³/mol. The molecule has 126 valence electrons. The first-order chi connectivity index (χ1) is 12.3. The summed E-state index contributed by atoms with van der Waals surface area (Å²) in [7, 11) is 0. The number of carbonyl (C=O) groups excluding carboxylic acids is 1. The van der Waals surface area contributed by atoms with Gasteiger partial charge in [-0.25, -0.2) is 9.97 Å². The van der Waals surface area contributed by atoms with E-state index in [9.17, 15) is 4.79 Å². The van der Waals surface area contributed by atoms with Crippen molar-refractivity contribution in [2.24, 2.45) is 0 Å². The molecule has 1 N–H and O–H groups in total. The summed E-state index contributed by atoms with van der Waals surface area (Å²) in [6.45, 7) is 0. The van der Waals surface area contributed by atoms with E-state index in [1.165, 1.54) is 17.3 Å². The third kappa shape index (κ3) is 5.43. The largest absolute Gasteiger partial charge is 0.348 e. The topological polar surface area (TPSA) is 54.9 Å². The van der Waals surface area contributed by atoms with Gasteiger partial charge in [0.1, 0.15) is 0 Å². The molecule has 0 radical (unpaired) electrons. The molecule has 3 rings (SSSR count). The minimum absolute atomic E-state index is 0.0257. The quantitative estimate of drug-likeness (QED) is 0.522. The van der Waals surface area contributed by atoms with E-state index in [0.717, 1.165) is 12.0 Å². The Morgan fingerprint density at radius 3 is 2.24 bits per heavy atom. The number of amides is 1. The molecular formula is C20H19N3OS. The van der Waals surface area contributed by atoms with Crippen molar-refractivity contribution < 1.29 is 4.79 Å². The molecule has 0 spiro atoms. The van der Waals surface area contributed by atoms with Crippen LogP contribution >= 0.6 is 11.8 Å². The molecule has 0 aliphatic carbocycles. The Bertz CT molecular complexity index is 782. The molecule has 0 saturated heterocycles. The van der Waals surface area contributed by atoms with E-state index in [1.54, 1.807) is 18.5 Å². The number of hydrogen-bond acceptors (Lipinski definition) is 4. The van der Waals surface area contributed by atoms with Crippen LogP contribution in [0.2, 0.25) is 0 Å². The van der Waals surface area contributed by atoms with E-state index in [-0.39, 0.29) is 11.9 Å². The van der Waals surface area contributed by atoms with E-state index in [4.69, 9.17) is 0 Å². The zero-order valence-electron chi connectivity index (χ0n) is 13.7. The van der Waals surface area contributed by atoms with Crippen molar-refractivity contribution in [1.82, 2.24) is 15.3 Å². The van der Waals surface area contributed by atoms with Crippen molar-refractivity contribution in [3.8, 4) is 0 Å². The van der Waals surface area contributed by atoms with Gasteiger partial charge in [-0.3, -0.25) is 4.79 Å². The molecule has 1 amide bonds. The molecule has 5 heteroatoms. The number of aromatic nitrogens is 2. The van der Waals surface area contributed by atoms with E-state index in [2.05, 4.69) is 27.4 Å². The fourth-order valence-electron chi connectivity index (χ4n) is 2.51. The van der Waals surface area contributed by atoms with Gasteiger partial charge in [0.2, 0.25) is 5.91 Å². The van der Waals surface area contributed by atoms with Gasteiger partial charge in [-0.1, -0.05) is 72.4 Å². The van der Waals surface area contributed by atoms with Gasteiger partial charge < -0.3 is 5.32 Å². The minimum Gasteiger partial charge on any atom is -0.348 e. The summed E-state index contributed by atoms with van der Waals surface area (Å²) < 4.78 is 0. The number of benzene rings is 2. The number of carbonyl (C=O) groups is 1. The molecule has 2 aromatic carbocycles. The van der Waals surface area contributed by atoms with Crippen molar-refractivity contribution in [2.45, 2.75) is 17.6 Å². The van der Waals surface area contributed by atoms with Crippen LogP contribution in [0.1, 0.15) is 17.2 Å². The Labute approximate surface area is 151 Å². The molecule has 0 bridgehead atoms. The molecule has 1 heterocycles. The summed E-state index contributed by atoms with van der Waals surface area (Å²) >= 11 is 1.34. The van der Waals surface area contributed by atoms with Gasteiger partial charge in [0.05, 0.1) is 11.8 Å². The fraction of sp³-hybridized carbons (Fsp3) is 0.150. The first-order valence-electron chi connectivity index (χ1n) is 8.09. The van der Waals surface area contributed by atoms with E-state index in [1.807, 2.05) is 48.5 Å². The van der Waals surface area contributed by atoms with Crippen LogP contribution < -0.4 is 5.32 Å². The molecule has 1 atom stereocenters. The smallest absolute Gasteiger partial charge is 0.230 e. The molecule has 25 heavy (non-hydrogen) atoms. The zero-order valence-corrected chi connectivity index (χ0v) is 14.5. The maximum Gasteiger partial charge on any atom is 0.230 e. The average molecular weight is 349 g/mol. The van der Waals surface area contributed by atoms with Crippen molar-refractivity contribution in [1.29, 1.82) is 0 Å². The van der Waals surface area contributed by atoms with Gasteiger partial charge >= 0.3 is 0 Å². The highest BCUT2D eigenvalue weighted by molar-refractivity contribution is 7.99. The normalized spacial score (nSPS) is 11.7. The maximum absolute atomic E-state index is 12.4. The van der Waals surface area contributed by atoms with Crippen LogP contribution in [0, 0.1) is 0 Å². The standard InChI is InChI=1S/C20H19N3OS/c24-19(15-25-20-21-12-7-13-22-20)23-18(17-10-5-2-6-11-17)14-16-8-3-1-4-9-16/h1-13,18H,14-15H2,(H,23,24)/t18-/m0/s1. The van der Waals surface area contributed by atoms with Crippen LogP contribution in [0.25, 0.3) is 0 Å². The van der Waals surface area contributed by atoms with Gasteiger partial charge in [0.15, 0.2) is 5.16 Å². The first kappa shape index (κ1) is 17.2. The Morgan fingerprint density at radius 1 is 0.920 bits per heavy atom. The predicted octanol–water partition coefficient (Wildman–Crippen LogP) is 3.67. The lowest BCUT2D eigenvalue weighted by Crippen LogP contribution is -2.31. The monoisotopic (exact) mass is 349 g/mol. The molecule has 3 aromatic rings. The van der Waals surface area contributed by atoms with Crippen LogP contribution in [0.4, 0.5) is 0 Å². The van der Waals surface area contributed by atoms with Crippen LogP contribution in [-0.2, 0) is 11.2 Å². The summed E-state index contributed by atoms with van der Waals surface area (Å²) in [4.78, 5) is 20.7. The lowest BCUT2D eigenvalue weighted by Gasteiger charge is -2.19. The Hall–Kier alpha value is -2.66. The number of nitrogens with one attached hydrogen (secondary N) is 1. The van der Waals surface area contributed by atoms with Crippen LogP contribution in [0.3, 0.4) is 0 Å². The third-order valence-electron chi connectivity index (χ3n) is 3.69. The molecule has 0 aliphatic rings.